The number of halogens is 1. The first-order valence-corrected chi connectivity index (χ1v) is 6.10. The van der Waals surface area contributed by atoms with E-state index in [0.717, 1.165) is 17.1 Å². The van der Waals surface area contributed by atoms with Crippen LogP contribution in [-0.4, -0.2) is 14.9 Å². The van der Waals surface area contributed by atoms with Crippen LogP contribution in [0.4, 0.5) is 5.69 Å². The van der Waals surface area contributed by atoms with Crippen molar-refractivity contribution in [2.75, 3.05) is 0 Å². The Balaban J connectivity index is 2.24. The Morgan fingerprint density at radius 2 is 2.15 bits per heavy atom. The number of rotatable bonds is 2. The average Bonchev–Trinajstić information content (AvgIpc) is 2.81. The Kier molecular flexibility index (Phi) is 2.87. The lowest BCUT2D eigenvalue weighted by molar-refractivity contribution is -0.384. The highest BCUT2D eigenvalue weighted by atomic mass is 35.5. The summed E-state index contributed by atoms with van der Waals surface area (Å²) >= 11 is 5.71. The molecule has 0 radical (unpaired) electrons. The van der Waals surface area contributed by atoms with Crippen molar-refractivity contribution < 1.29 is 9.34 Å². The number of benzene rings is 1. The molecule has 20 heavy (non-hydrogen) atoms. The molecule has 0 atom stereocenters. The zero-order valence-electron chi connectivity index (χ0n) is 10.3. The molecule has 2 aromatic heterocycles. The second-order valence-electron chi connectivity index (χ2n) is 4.28. The van der Waals surface area contributed by atoms with E-state index in [2.05, 4.69) is 9.97 Å². The first-order chi connectivity index (χ1) is 9.54. The maximum atomic E-state index is 11.0. The van der Waals surface area contributed by atoms with Crippen molar-refractivity contribution in [2.24, 2.45) is 0 Å². The molecule has 0 aliphatic rings. The van der Waals surface area contributed by atoms with E-state index in [1.807, 2.05) is 25.1 Å². The predicted octanol–water partition coefficient (Wildman–Crippen LogP) is 3.76. The van der Waals surface area contributed by atoms with E-state index in [-0.39, 0.29) is 16.7 Å². The molecule has 0 amide bonds. The maximum Gasteiger partial charge on any atom is 0.316 e. The van der Waals surface area contributed by atoms with Crippen LogP contribution < -0.4 is 0 Å². The number of aromatic nitrogens is 2. The summed E-state index contributed by atoms with van der Waals surface area (Å²) in [5.74, 6) is 0.293. The van der Waals surface area contributed by atoms with Gasteiger partial charge in [-0.3, -0.25) is 10.1 Å². The SMILES string of the molecule is Cc1ccc2oc(-c3nc(Cl)ncc3[N+](=O)[O-])cc2c1. The summed E-state index contributed by atoms with van der Waals surface area (Å²) in [7, 11) is 0. The van der Waals surface area contributed by atoms with Gasteiger partial charge in [0.05, 0.1) is 4.92 Å². The lowest BCUT2D eigenvalue weighted by Gasteiger charge is -1.98. The molecule has 3 aromatic rings. The average molecular weight is 290 g/mol. The number of furan rings is 1. The summed E-state index contributed by atoms with van der Waals surface area (Å²) in [4.78, 5) is 18.0. The monoisotopic (exact) mass is 289 g/mol. The number of nitrogens with zero attached hydrogens (tertiary/aromatic N) is 3. The number of hydrogen-bond donors (Lipinski definition) is 0. The van der Waals surface area contributed by atoms with Gasteiger partial charge in [0.1, 0.15) is 11.8 Å². The van der Waals surface area contributed by atoms with Gasteiger partial charge in [-0.25, -0.2) is 9.97 Å². The van der Waals surface area contributed by atoms with Gasteiger partial charge in [0.25, 0.3) is 0 Å². The maximum absolute atomic E-state index is 11.0. The van der Waals surface area contributed by atoms with Crippen molar-refractivity contribution in [1.29, 1.82) is 0 Å². The molecule has 0 saturated carbocycles. The minimum atomic E-state index is -0.565. The third-order valence-corrected chi connectivity index (χ3v) is 3.02. The van der Waals surface area contributed by atoms with E-state index in [0.29, 0.717) is 11.3 Å². The Morgan fingerprint density at radius 1 is 1.35 bits per heavy atom. The van der Waals surface area contributed by atoms with Crippen LogP contribution >= 0.6 is 11.6 Å². The summed E-state index contributed by atoms with van der Waals surface area (Å²) in [6, 6.07) is 7.34. The molecule has 6 nitrogen and oxygen atoms in total. The molecule has 2 heterocycles. The normalized spacial score (nSPS) is 10.9. The smallest absolute Gasteiger partial charge is 0.316 e. The van der Waals surface area contributed by atoms with Gasteiger partial charge in [-0.2, -0.15) is 0 Å². The standard InChI is InChI=1S/C13H8ClN3O3/c1-7-2-3-10-8(4-7)5-11(20-10)12-9(17(18)19)6-15-13(14)16-12/h2-6H,1H3. The lowest BCUT2D eigenvalue weighted by atomic mass is 10.2. The van der Waals surface area contributed by atoms with Gasteiger partial charge >= 0.3 is 5.69 Å². The molecule has 3 rings (SSSR count). The van der Waals surface area contributed by atoms with E-state index < -0.39 is 4.92 Å². The van der Waals surface area contributed by atoms with E-state index in [1.165, 1.54) is 0 Å². The van der Waals surface area contributed by atoms with E-state index in [4.69, 9.17) is 16.0 Å². The molecule has 0 fully saturated rings. The highest BCUT2D eigenvalue weighted by Crippen LogP contribution is 2.32. The lowest BCUT2D eigenvalue weighted by Crippen LogP contribution is -1.96. The minimum absolute atomic E-state index is 0.0674. The summed E-state index contributed by atoms with van der Waals surface area (Å²) in [6.45, 7) is 1.95. The van der Waals surface area contributed by atoms with Crippen LogP contribution in [0.3, 0.4) is 0 Å². The van der Waals surface area contributed by atoms with Crippen molar-refractivity contribution >= 4 is 28.3 Å². The van der Waals surface area contributed by atoms with Crippen LogP contribution in [0.15, 0.2) is 34.9 Å². The van der Waals surface area contributed by atoms with Gasteiger partial charge in [-0.15, -0.1) is 0 Å². The molecule has 0 bridgehead atoms. The van der Waals surface area contributed by atoms with Crippen LogP contribution in [0.2, 0.25) is 5.28 Å². The van der Waals surface area contributed by atoms with Crippen molar-refractivity contribution in [3.63, 3.8) is 0 Å². The second-order valence-corrected chi connectivity index (χ2v) is 4.62. The Morgan fingerprint density at radius 3 is 2.90 bits per heavy atom. The zero-order chi connectivity index (χ0) is 14.3. The summed E-state index contributed by atoms with van der Waals surface area (Å²) in [5.41, 5.74) is 1.53. The van der Waals surface area contributed by atoms with Crippen LogP contribution in [0.5, 0.6) is 0 Å². The Bertz CT molecular complexity index is 829. The van der Waals surface area contributed by atoms with Crippen molar-refractivity contribution in [1.82, 2.24) is 9.97 Å². The number of aryl methyl sites for hydroxylation is 1. The van der Waals surface area contributed by atoms with Crippen molar-refractivity contribution in [3.05, 3.63) is 51.4 Å². The fourth-order valence-electron chi connectivity index (χ4n) is 1.95. The van der Waals surface area contributed by atoms with Crippen LogP contribution in [0.25, 0.3) is 22.4 Å². The van der Waals surface area contributed by atoms with Crippen LogP contribution in [-0.2, 0) is 0 Å². The molecular formula is C13H8ClN3O3. The molecule has 1 aromatic carbocycles. The van der Waals surface area contributed by atoms with Gasteiger partial charge in [0, 0.05) is 5.39 Å². The van der Waals surface area contributed by atoms with Gasteiger partial charge < -0.3 is 4.42 Å². The second kappa shape index (κ2) is 4.57. The predicted molar refractivity (Wildman–Crippen MR) is 73.6 cm³/mol. The molecule has 7 heteroatoms. The van der Waals surface area contributed by atoms with Crippen LogP contribution in [0.1, 0.15) is 5.56 Å². The van der Waals surface area contributed by atoms with Crippen molar-refractivity contribution in [3.8, 4) is 11.5 Å². The van der Waals surface area contributed by atoms with Gasteiger partial charge in [0.15, 0.2) is 11.5 Å². The van der Waals surface area contributed by atoms with E-state index >= 15 is 0 Å². The molecule has 100 valence electrons. The Hall–Kier alpha value is -2.47. The molecule has 0 N–H and O–H groups in total. The molecule has 0 aliphatic carbocycles. The number of nitro groups is 1. The van der Waals surface area contributed by atoms with Crippen LogP contribution in [0, 0.1) is 17.0 Å². The molecule has 0 unspecified atom stereocenters. The van der Waals surface area contributed by atoms with Crippen molar-refractivity contribution in [2.45, 2.75) is 6.92 Å². The molecule has 0 spiro atoms. The number of fused-ring (bicyclic) bond motifs is 1. The highest BCUT2D eigenvalue weighted by molar-refractivity contribution is 6.28. The minimum Gasteiger partial charge on any atom is -0.454 e. The molecule has 0 aliphatic heterocycles. The fraction of sp³-hybridized carbons (Fsp3) is 0.0769. The molecule has 0 saturated heterocycles. The highest BCUT2D eigenvalue weighted by Gasteiger charge is 2.21. The van der Waals surface area contributed by atoms with Gasteiger partial charge in [-0.1, -0.05) is 11.6 Å². The largest absolute Gasteiger partial charge is 0.454 e. The third kappa shape index (κ3) is 2.10. The first kappa shape index (κ1) is 12.6. The van der Waals surface area contributed by atoms with E-state index in [1.54, 1.807) is 6.07 Å². The van der Waals surface area contributed by atoms with Gasteiger partial charge in [-0.05, 0) is 36.7 Å². The fourth-order valence-corrected chi connectivity index (χ4v) is 2.08. The topological polar surface area (TPSA) is 82.1 Å². The third-order valence-electron chi connectivity index (χ3n) is 2.84. The number of hydrogen-bond acceptors (Lipinski definition) is 5. The van der Waals surface area contributed by atoms with Gasteiger partial charge in [0.2, 0.25) is 5.28 Å². The van der Waals surface area contributed by atoms with E-state index in [9.17, 15) is 10.1 Å². The zero-order valence-corrected chi connectivity index (χ0v) is 11.1. The molecular weight excluding hydrogens is 282 g/mol. The Labute approximate surface area is 118 Å². The first-order valence-electron chi connectivity index (χ1n) is 5.72. The summed E-state index contributed by atoms with van der Waals surface area (Å²) in [6.07, 6.45) is 1.07. The quantitative estimate of drug-likeness (QED) is 0.407. The summed E-state index contributed by atoms with van der Waals surface area (Å²) < 4.78 is 5.60. The summed E-state index contributed by atoms with van der Waals surface area (Å²) in [5, 5.41) is 11.8.